The Morgan fingerprint density at radius 2 is 2.00 bits per heavy atom. The van der Waals surface area contributed by atoms with Gasteiger partial charge < -0.3 is 20.5 Å². The van der Waals surface area contributed by atoms with Gasteiger partial charge >= 0.3 is 6.61 Å². The highest BCUT2D eigenvalue weighted by Gasteiger charge is 2.34. The van der Waals surface area contributed by atoms with Crippen LogP contribution in [0.2, 0.25) is 0 Å². The van der Waals surface area contributed by atoms with E-state index in [-0.39, 0.29) is 35.4 Å². The lowest BCUT2D eigenvalue weighted by molar-refractivity contribution is -0.0512. The van der Waals surface area contributed by atoms with Gasteiger partial charge in [-0.3, -0.25) is 4.79 Å². The summed E-state index contributed by atoms with van der Waals surface area (Å²) in [4.78, 5) is 12.4. The predicted molar refractivity (Wildman–Crippen MR) is 84.6 cm³/mol. The summed E-state index contributed by atoms with van der Waals surface area (Å²) in [5, 5.41) is 2.93. The molecular formula is C15H21ClF2N2O3. The number of methoxy groups -OCH3 is 1. The molecule has 2 rings (SSSR count). The zero-order valence-electron chi connectivity index (χ0n) is 12.8. The summed E-state index contributed by atoms with van der Waals surface area (Å²) in [7, 11) is 1.34. The Bertz CT molecular complexity index is 537. The zero-order valence-corrected chi connectivity index (χ0v) is 13.6. The average Bonchev–Trinajstić information content (AvgIpc) is 2.95. The molecule has 3 N–H and O–H groups in total. The molecule has 1 aromatic carbocycles. The second kappa shape index (κ2) is 8.31. The van der Waals surface area contributed by atoms with Crippen LogP contribution in [0.15, 0.2) is 18.2 Å². The maximum Gasteiger partial charge on any atom is 0.387 e. The minimum absolute atomic E-state index is 0. The van der Waals surface area contributed by atoms with E-state index in [1.165, 1.54) is 25.3 Å². The lowest BCUT2D eigenvalue weighted by atomic mass is 9.97. The summed E-state index contributed by atoms with van der Waals surface area (Å²) >= 11 is 0. The number of alkyl halides is 2. The molecule has 130 valence electrons. The van der Waals surface area contributed by atoms with E-state index in [9.17, 15) is 13.6 Å². The van der Waals surface area contributed by atoms with Crippen LogP contribution in [0.4, 0.5) is 8.78 Å². The summed E-state index contributed by atoms with van der Waals surface area (Å²) in [6, 6.07) is 4.18. The molecule has 8 heteroatoms. The van der Waals surface area contributed by atoms with Crippen LogP contribution in [0.5, 0.6) is 11.5 Å². The monoisotopic (exact) mass is 350 g/mol. The molecule has 1 aromatic rings. The number of carbonyl (C=O) groups excluding carboxylic acids is 1. The fourth-order valence-electron chi connectivity index (χ4n) is 2.75. The van der Waals surface area contributed by atoms with Gasteiger partial charge in [0.1, 0.15) is 0 Å². The Morgan fingerprint density at radius 1 is 1.35 bits per heavy atom. The Balaban J connectivity index is 0.00000264. The molecule has 0 aliphatic heterocycles. The Morgan fingerprint density at radius 3 is 2.52 bits per heavy atom. The molecule has 0 radical (unpaired) electrons. The Hall–Kier alpha value is -1.60. The molecule has 0 saturated heterocycles. The summed E-state index contributed by atoms with van der Waals surface area (Å²) in [5.41, 5.74) is 5.61. The SMILES string of the molecule is COc1ccc(C(=O)NC2(CN)CCCC2)cc1OC(F)F.Cl. The zero-order chi connectivity index (χ0) is 16.2. The summed E-state index contributed by atoms with van der Waals surface area (Å²) in [6.07, 6.45) is 3.68. The summed E-state index contributed by atoms with van der Waals surface area (Å²) < 4.78 is 34.2. The fraction of sp³-hybridized carbons (Fsp3) is 0.533. The minimum atomic E-state index is -2.99. The van der Waals surface area contributed by atoms with Gasteiger partial charge in [0, 0.05) is 12.1 Å². The molecule has 1 saturated carbocycles. The quantitative estimate of drug-likeness (QED) is 0.827. The second-order valence-corrected chi connectivity index (χ2v) is 5.39. The van der Waals surface area contributed by atoms with Crippen molar-refractivity contribution in [3.05, 3.63) is 23.8 Å². The van der Waals surface area contributed by atoms with Crippen molar-refractivity contribution in [2.24, 2.45) is 5.73 Å². The standard InChI is InChI=1S/C15H20F2N2O3.ClH/c1-21-11-5-4-10(8-12(11)22-14(16)17)13(20)19-15(9-18)6-2-3-7-15;/h4-5,8,14H,2-3,6-7,9,18H2,1H3,(H,19,20);1H. The highest BCUT2D eigenvalue weighted by atomic mass is 35.5. The average molecular weight is 351 g/mol. The lowest BCUT2D eigenvalue weighted by Crippen LogP contribution is -2.51. The van der Waals surface area contributed by atoms with Crippen molar-refractivity contribution in [3.8, 4) is 11.5 Å². The summed E-state index contributed by atoms with van der Waals surface area (Å²) in [6.45, 7) is -2.63. The molecule has 0 atom stereocenters. The van der Waals surface area contributed by atoms with Crippen LogP contribution in [0.1, 0.15) is 36.0 Å². The first-order valence-electron chi connectivity index (χ1n) is 7.15. The highest BCUT2D eigenvalue weighted by Crippen LogP contribution is 2.31. The Kier molecular flexibility index (Phi) is 7.02. The van der Waals surface area contributed by atoms with Crippen molar-refractivity contribution in [1.82, 2.24) is 5.32 Å². The first-order valence-corrected chi connectivity index (χ1v) is 7.15. The first kappa shape index (κ1) is 19.4. The van der Waals surface area contributed by atoms with Crippen LogP contribution < -0.4 is 20.5 Å². The number of hydrogen-bond donors (Lipinski definition) is 2. The number of nitrogens with two attached hydrogens (primary N) is 1. The molecular weight excluding hydrogens is 330 g/mol. The molecule has 0 unspecified atom stereocenters. The fourth-order valence-corrected chi connectivity index (χ4v) is 2.75. The van der Waals surface area contributed by atoms with Crippen LogP contribution >= 0.6 is 12.4 Å². The third-order valence-corrected chi connectivity index (χ3v) is 3.97. The van der Waals surface area contributed by atoms with E-state index in [4.69, 9.17) is 10.5 Å². The molecule has 23 heavy (non-hydrogen) atoms. The Labute approximate surface area is 139 Å². The van der Waals surface area contributed by atoms with E-state index in [2.05, 4.69) is 10.1 Å². The van der Waals surface area contributed by atoms with Crippen molar-refractivity contribution in [2.45, 2.75) is 37.8 Å². The molecule has 0 heterocycles. The van der Waals surface area contributed by atoms with Crippen LogP contribution in [0, 0.1) is 0 Å². The highest BCUT2D eigenvalue weighted by molar-refractivity contribution is 5.95. The van der Waals surface area contributed by atoms with Crippen LogP contribution in [0.25, 0.3) is 0 Å². The van der Waals surface area contributed by atoms with Crippen molar-refractivity contribution in [1.29, 1.82) is 0 Å². The normalized spacial score (nSPS) is 15.9. The van der Waals surface area contributed by atoms with E-state index in [0.29, 0.717) is 6.54 Å². The summed E-state index contributed by atoms with van der Waals surface area (Å²) in [5.74, 6) is -0.376. The van der Waals surface area contributed by atoms with Crippen molar-refractivity contribution < 1.29 is 23.0 Å². The second-order valence-electron chi connectivity index (χ2n) is 5.39. The number of hydrogen-bond acceptors (Lipinski definition) is 4. The van der Waals surface area contributed by atoms with Gasteiger partial charge in [-0.15, -0.1) is 12.4 Å². The van der Waals surface area contributed by atoms with Gasteiger partial charge in [-0.25, -0.2) is 0 Å². The van der Waals surface area contributed by atoms with E-state index in [1.54, 1.807) is 0 Å². The maximum absolute atomic E-state index is 12.4. The number of ether oxygens (including phenoxy) is 2. The van der Waals surface area contributed by atoms with E-state index >= 15 is 0 Å². The first-order chi connectivity index (χ1) is 10.5. The number of rotatable bonds is 6. The number of benzene rings is 1. The van der Waals surface area contributed by atoms with Crippen LogP contribution in [-0.4, -0.2) is 31.7 Å². The van der Waals surface area contributed by atoms with E-state index in [1.807, 2.05) is 0 Å². The minimum Gasteiger partial charge on any atom is -0.493 e. The van der Waals surface area contributed by atoms with Crippen LogP contribution in [-0.2, 0) is 0 Å². The largest absolute Gasteiger partial charge is 0.493 e. The predicted octanol–water partition coefficient (Wildman–Crippen LogP) is 2.72. The molecule has 0 spiro atoms. The number of amides is 1. The van der Waals surface area contributed by atoms with Crippen LogP contribution in [0.3, 0.4) is 0 Å². The van der Waals surface area contributed by atoms with Crippen molar-refractivity contribution >= 4 is 18.3 Å². The molecule has 1 aliphatic rings. The van der Waals surface area contributed by atoms with Gasteiger partial charge in [-0.2, -0.15) is 8.78 Å². The molecule has 1 amide bonds. The third kappa shape index (κ3) is 4.68. The maximum atomic E-state index is 12.4. The lowest BCUT2D eigenvalue weighted by Gasteiger charge is -2.28. The van der Waals surface area contributed by atoms with Gasteiger partial charge in [0.25, 0.3) is 5.91 Å². The van der Waals surface area contributed by atoms with Gasteiger partial charge in [0.05, 0.1) is 12.6 Å². The molecule has 0 aromatic heterocycles. The van der Waals surface area contributed by atoms with Crippen molar-refractivity contribution in [2.75, 3.05) is 13.7 Å². The van der Waals surface area contributed by atoms with Crippen molar-refractivity contribution in [3.63, 3.8) is 0 Å². The topological polar surface area (TPSA) is 73.6 Å². The van der Waals surface area contributed by atoms with Gasteiger partial charge in [-0.1, -0.05) is 12.8 Å². The van der Waals surface area contributed by atoms with Gasteiger partial charge in [-0.05, 0) is 31.0 Å². The number of halogens is 3. The third-order valence-electron chi connectivity index (χ3n) is 3.97. The van der Waals surface area contributed by atoms with E-state index < -0.39 is 12.2 Å². The van der Waals surface area contributed by atoms with E-state index in [0.717, 1.165) is 25.7 Å². The smallest absolute Gasteiger partial charge is 0.387 e. The van der Waals surface area contributed by atoms with Gasteiger partial charge in [0.2, 0.25) is 0 Å². The number of carbonyl (C=O) groups is 1. The number of nitrogens with one attached hydrogen (secondary N) is 1. The molecule has 5 nitrogen and oxygen atoms in total. The molecule has 0 bridgehead atoms. The molecule has 1 aliphatic carbocycles. The van der Waals surface area contributed by atoms with Gasteiger partial charge in [0.15, 0.2) is 11.5 Å². The molecule has 1 fully saturated rings.